The zero-order valence-corrected chi connectivity index (χ0v) is 16.5. The van der Waals surface area contributed by atoms with E-state index in [0.717, 1.165) is 0 Å². The zero-order chi connectivity index (χ0) is 22.4. The summed E-state index contributed by atoms with van der Waals surface area (Å²) in [5.41, 5.74) is 7.50. The maximum atomic E-state index is 12.3. The lowest BCUT2D eigenvalue weighted by molar-refractivity contribution is -0.139. The van der Waals surface area contributed by atoms with Gasteiger partial charge >= 0.3 is 18.2 Å². The fourth-order valence-corrected chi connectivity index (χ4v) is 1.79. The van der Waals surface area contributed by atoms with Crippen LogP contribution in [0.4, 0.5) is 9.59 Å². The van der Waals surface area contributed by atoms with Crippen molar-refractivity contribution in [3.05, 3.63) is 23.1 Å². The van der Waals surface area contributed by atoms with Crippen LogP contribution < -0.4 is 16.0 Å². The molecule has 0 aliphatic heterocycles. The summed E-state index contributed by atoms with van der Waals surface area (Å²) in [5, 5.41) is 19.2. The van der Waals surface area contributed by atoms with Gasteiger partial charge in [0.05, 0.1) is 0 Å². The predicted molar refractivity (Wildman–Crippen MR) is 101 cm³/mol. The average Bonchev–Trinajstić information content (AvgIpc) is 2.60. The molecule has 162 valence electrons. The maximum absolute atomic E-state index is 12.3. The van der Waals surface area contributed by atoms with Crippen LogP contribution in [0.1, 0.15) is 27.2 Å². The van der Waals surface area contributed by atoms with Crippen molar-refractivity contribution >= 4 is 24.1 Å². The summed E-state index contributed by atoms with van der Waals surface area (Å²) in [5.74, 6) is -2.16. The lowest BCUT2D eigenvalue weighted by Crippen LogP contribution is -2.53. The summed E-state index contributed by atoms with van der Waals surface area (Å²) in [4.78, 5) is 49.6. The van der Waals surface area contributed by atoms with Crippen LogP contribution in [0.5, 0.6) is 0 Å². The Morgan fingerprint density at radius 1 is 1.21 bits per heavy atom. The largest absolute Gasteiger partial charge is 0.480 e. The summed E-state index contributed by atoms with van der Waals surface area (Å²) in [6, 6.07) is -2.63. The number of carboxylic acids is 1. The minimum atomic E-state index is -1.47. The first kappa shape index (κ1) is 25.5. The third-order valence-electron chi connectivity index (χ3n) is 2.99. The standard InChI is InChI=1S/C16H26N6O7/c1-5-8-28-14(26)20-10(6-7-19-22-17)12(23)18-9-11(13(24)25)21-15(27)29-16(2,3)4/h5,10-11H,1,6-9H2,2-4H3,(H,18,23)(H,20,26)(H,21,27)(H,24,25)/t10?,11-/m0/s1. The molecular formula is C16H26N6O7. The van der Waals surface area contributed by atoms with Gasteiger partial charge in [-0.3, -0.25) is 4.79 Å². The van der Waals surface area contributed by atoms with Crippen LogP contribution in [0, 0.1) is 0 Å². The molecule has 29 heavy (non-hydrogen) atoms. The van der Waals surface area contributed by atoms with Gasteiger partial charge in [0.25, 0.3) is 0 Å². The molecule has 4 N–H and O–H groups in total. The van der Waals surface area contributed by atoms with Crippen molar-refractivity contribution in [2.24, 2.45) is 5.11 Å². The van der Waals surface area contributed by atoms with Gasteiger partial charge in [0, 0.05) is 18.0 Å². The number of aliphatic carboxylic acids is 1. The highest BCUT2D eigenvalue weighted by Crippen LogP contribution is 2.06. The van der Waals surface area contributed by atoms with Crippen molar-refractivity contribution in [2.75, 3.05) is 19.7 Å². The Hall–Kier alpha value is -3.47. The van der Waals surface area contributed by atoms with E-state index >= 15 is 0 Å². The average molecular weight is 414 g/mol. The molecule has 13 heteroatoms. The molecule has 0 aliphatic carbocycles. The number of nitrogens with zero attached hydrogens (tertiary/aromatic N) is 3. The van der Waals surface area contributed by atoms with Gasteiger partial charge < -0.3 is 30.5 Å². The summed E-state index contributed by atoms with van der Waals surface area (Å²) in [6.07, 6.45) is -0.608. The number of rotatable bonds is 11. The third-order valence-corrected chi connectivity index (χ3v) is 2.99. The van der Waals surface area contributed by atoms with Crippen molar-refractivity contribution in [1.82, 2.24) is 16.0 Å². The first-order valence-electron chi connectivity index (χ1n) is 8.55. The number of hydrogen-bond acceptors (Lipinski definition) is 7. The second-order valence-electron chi connectivity index (χ2n) is 6.61. The number of amides is 3. The Balaban J connectivity index is 4.92. The van der Waals surface area contributed by atoms with Gasteiger partial charge in [-0.2, -0.15) is 0 Å². The van der Waals surface area contributed by atoms with Crippen LogP contribution in [0.15, 0.2) is 17.8 Å². The molecule has 0 rings (SSSR count). The van der Waals surface area contributed by atoms with E-state index in [2.05, 4.69) is 32.6 Å². The SMILES string of the molecule is C=CCOC(=O)NC(CCN=[N+]=[N-])C(=O)NC[C@H](NC(=O)OC(C)(C)C)C(=O)O. The van der Waals surface area contributed by atoms with Crippen LogP contribution in [0.2, 0.25) is 0 Å². The normalized spacial score (nSPS) is 12.4. The fraction of sp³-hybridized carbons (Fsp3) is 0.625. The number of alkyl carbamates (subject to hydrolysis) is 2. The van der Waals surface area contributed by atoms with Gasteiger partial charge in [-0.1, -0.05) is 17.8 Å². The molecule has 0 saturated carbocycles. The minimum absolute atomic E-state index is 0.0592. The summed E-state index contributed by atoms with van der Waals surface area (Å²) in [7, 11) is 0. The first-order valence-corrected chi connectivity index (χ1v) is 8.55. The molecule has 0 aromatic rings. The van der Waals surface area contributed by atoms with Crippen molar-refractivity contribution in [3.8, 4) is 0 Å². The second-order valence-corrected chi connectivity index (χ2v) is 6.61. The number of azide groups is 1. The molecule has 0 aromatic heterocycles. The Labute approximate surface area is 167 Å². The van der Waals surface area contributed by atoms with Crippen molar-refractivity contribution < 1.29 is 33.8 Å². The number of carbonyl (C=O) groups is 4. The quantitative estimate of drug-likeness (QED) is 0.168. The molecule has 13 nitrogen and oxygen atoms in total. The van der Waals surface area contributed by atoms with Gasteiger partial charge in [0.1, 0.15) is 24.3 Å². The van der Waals surface area contributed by atoms with Gasteiger partial charge in [0.2, 0.25) is 5.91 Å². The lowest BCUT2D eigenvalue weighted by atomic mass is 10.2. The monoisotopic (exact) mass is 414 g/mol. The number of hydrogen-bond donors (Lipinski definition) is 4. The van der Waals surface area contributed by atoms with Crippen LogP contribution in [0.3, 0.4) is 0 Å². The molecule has 0 bridgehead atoms. The Morgan fingerprint density at radius 2 is 1.83 bits per heavy atom. The van der Waals surface area contributed by atoms with E-state index in [1.165, 1.54) is 6.08 Å². The van der Waals surface area contributed by atoms with E-state index in [0.29, 0.717) is 0 Å². The molecule has 0 radical (unpaired) electrons. The minimum Gasteiger partial charge on any atom is -0.480 e. The summed E-state index contributed by atoms with van der Waals surface area (Å²) in [6.45, 7) is 7.53. The summed E-state index contributed by atoms with van der Waals surface area (Å²) < 4.78 is 9.70. The Kier molecular flexibility index (Phi) is 11.3. The van der Waals surface area contributed by atoms with E-state index in [9.17, 15) is 24.3 Å². The fourth-order valence-electron chi connectivity index (χ4n) is 1.79. The molecule has 2 atom stereocenters. The molecule has 0 heterocycles. The molecule has 0 fully saturated rings. The van der Waals surface area contributed by atoms with Crippen molar-refractivity contribution in [3.63, 3.8) is 0 Å². The zero-order valence-electron chi connectivity index (χ0n) is 16.5. The van der Waals surface area contributed by atoms with E-state index in [1.54, 1.807) is 20.8 Å². The lowest BCUT2D eigenvalue weighted by Gasteiger charge is -2.23. The van der Waals surface area contributed by atoms with Gasteiger partial charge in [0.15, 0.2) is 0 Å². The number of nitrogens with one attached hydrogen (secondary N) is 3. The van der Waals surface area contributed by atoms with Gasteiger partial charge in [-0.05, 0) is 32.7 Å². The number of carboxylic acid groups (broad SMARTS) is 1. The molecule has 0 aliphatic rings. The number of ether oxygens (including phenoxy) is 2. The van der Waals surface area contributed by atoms with E-state index in [1.807, 2.05) is 0 Å². The van der Waals surface area contributed by atoms with Gasteiger partial charge in [-0.15, -0.1) is 0 Å². The van der Waals surface area contributed by atoms with Crippen LogP contribution in [-0.2, 0) is 19.1 Å². The van der Waals surface area contributed by atoms with Crippen LogP contribution in [-0.4, -0.2) is 66.6 Å². The van der Waals surface area contributed by atoms with E-state index < -0.39 is 48.3 Å². The topological polar surface area (TPSA) is 192 Å². The third kappa shape index (κ3) is 12.5. The predicted octanol–water partition coefficient (Wildman–Crippen LogP) is 1.06. The highest BCUT2D eigenvalue weighted by Gasteiger charge is 2.26. The Morgan fingerprint density at radius 3 is 2.34 bits per heavy atom. The van der Waals surface area contributed by atoms with Crippen molar-refractivity contribution in [2.45, 2.75) is 44.9 Å². The highest BCUT2D eigenvalue weighted by molar-refractivity contribution is 5.87. The van der Waals surface area contributed by atoms with Crippen LogP contribution >= 0.6 is 0 Å². The second kappa shape index (κ2) is 12.8. The molecule has 0 spiro atoms. The maximum Gasteiger partial charge on any atom is 0.408 e. The number of carbonyl (C=O) groups excluding carboxylic acids is 3. The van der Waals surface area contributed by atoms with E-state index in [4.69, 9.17) is 15.0 Å². The molecule has 0 saturated heterocycles. The molecule has 3 amide bonds. The van der Waals surface area contributed by atoms with E-state index in [-0.39, 0.29) is 19.6 Å². The molecule has 1 unspecified atom stereocenters. The van der Waals surface area contributed by atoms with Crippen LogP contribution in [0.25, 0.3) is 10.4 Å². The summed E-state index contributed by atoms with van der Waals surface area (Å²) >= 11 is 0. The highest BCUT2D eigenvalue weighted by atomic mass is 16.6. The smallest absolute Gasteiger partial charge is 0.408 e. The molecular weight excluding hydrogens is 388 g/mol. The first-order chi connectivity index (χ1) is 13.5. The Bertz CT molecular complexity index is 655. The van der Waals surface area contributed by atoms with Crippen molar-refractivity contribution in [1.29, 1.82) is 0 Å². The van der Waals surface area contributed by atoms with Gasteiger partial charge in [-0.25, -0.2) is 14.4 Å². The molecule has 0 aromatic carbocycles.